The highest BCUT2D eigenvalue weighted by molar-refractivity contribution is 5.84. The summed E-state index contributed by atoms with van der Waals surface area (Å²) in [5, 5.41) is 3.33. The number of hydrogen-bond donors (Lipinski definition) is 1. The second kappa shape index (κ2) is 7.32. The Morgan fingerprint density at radius 3 is 2.78 bits per heavy atom. The molecule has 2 aliphatic heterocycles. The molecule has 0 spiro atoms. The minimum Gasteiger partial charge on any atom is -0.492 e. The molecule has 23 heavy (non-hydrogen) atoms. The van der Waals surface area contributed by atoms with E-state index in [-0.39, 0.29) is 24.2 Å². The number of para-hydroxylation sites is 1. The normalized spacial score (nSPS) is 22.4. The molecule has 1 fully saturated rings. The highest BCUT2D eigenvalue weighted by Gasteiger charge is 2.32. The maximum Gasteiger partial charge on any atom is 0.244 e. The van der Waals surface area contributed by atoms with Crippen LogP contribution in [0.25, 0.3) is 0 Å². The van der Waals surface area contributed by atoms with E-state index < -0.39 is 0 Å². The number of rotatable bonds is 3. The van der Waals surface area contributed by atoms with Gasteiger partial charge in [0.25, 0.3) is 0 Å². The van der Waals surface area contributed by atoms with Crippen molar-refractivity contribution in [3.63, 3.8) is 0 Å². The lowest BCUT2D eigenvalue weighted by molar-refractivity contribution is -0.136. The SMILES string of the molecule is CC(C)OC1CCN(C(=O)C2NCCOc3ccccc32)CC1. The molecule has 1 aromatic rings. The number of benzene rings is 1. The number of carbonyl (C=O) groups is 1. The Morgan fingerprint density at radius 2 is 2.04 bits per heavy atom. The largest absolute Gasteiger partial charge is 0.492 e. The molecule has 5 nitrogen and oxygen atoms in total. The van der Waals surface area contributed by atoms with Crippen molar-refractivity contribution in [2.75, 3.05) is 26.2 Å². The first-order valence-electron chi connectivity index (χ1n) is 8.54. The first-order valence-corrected chi connectivity index (χ1v) is 8.54. The molecule has 1 amide bonds. The van der Waals surface area contributed by atoms with Crippen LogP contribution in [0, 0.1) is 0 Å². The van der Waals surface area contributed by atoms with E-state index in [1.807, 2.05) is 29.2 Å². The zero-order valence-electron chi connectivity index (χ0n) is 14.0. The minimum atomic E-state index is -0.309. The van der Waals surface area contributed by atoms with E-state index in [1.165, 1.54) is 0 Å². The van der Waals surface area contributed by atoms with E-state index in [0.717, 1.165) is 37.2 Å². The first-order chi connectivity index (χ1) is 11.1. The molecule has 1 saturated heterocycles. The summed E-state index contributed by atoms with van der Waals surface area (Å²) in [6, 6.07) is 7.51. The maximum absolute atomic E-state index is 13.0. The molecule has 0 saturated carbocycles. The zero-order valence-corrected chi connectivity index (χ0v) is 14.0. The number of fused-ring (bicyclic) bond motifs is 1. The van der Waals surface area contributed by atoms with Crippen LogP contribution in [-0.2, 0) is 9.53 Å². The van der Waals surface area contributed by atoms with E-state index in [9.17, 15) is 4.79 Å². The molecule has 1 aromatic carbocycles. The van der Waals surface area contributed by atoms with Crippen molar-refractivity contribution >= 4 is 5.91 Å². The highest BCUT2D eigenvalue weighted by Crippen LogP contribution is 2.29. The topological polar surface area (TPSA) is 50.8 Å². The first kappa shape index (κ1) is 16.3. The zero-order chi connectivity index (χ0) is 16.2. The van der Waals surface area contributed by atoms with Crippen molar-refractivity contribution in [2.45, 2.75) is 44.9 Å². The van der Waals surface area contributed by atoms with Gasteiger partial charge >= 0.3 is 0 Å². The molecule has 3 rings (SSSR count). The Labute approximate surface area is 137 Å². The van der Waals surface area contributed by atoms with E-state index in [2.05, 4.69) is 19.2 Å². The van der Waals surface area contributed by atoms with Gasteiger partial charge in [-0.05, 0) is 32.8 Å². The van der Waals surface area contributed by atoms with Crippen molar-refractivity contribution in [1.29, 1.82) is 0 Å². The molecule has 0 aromatic heterocycles. The van der Waals surface area contributed by atoms with Gasteiger partial charge in [-0.1, -0.05) is 18.2 Å². The predicted molar refractivity (Wildman–Crippen MR) is 88.5 cm³/mol. The fourth-order valence-corrected chi connectivity index (χ4v) is 3.32. The molecule has 5 heteroatoms. The van der Waals surface area contributed by atoms with Crippen LogP contribution in [0.3, 0.4) is 0 Å². The quantitative estimate of drug-likeness (QED) is 0.927. The Balaban J connectivity index is 1.67. The molecular formula is C18H26N2O3. The molecule has 1 unspecified atom stereocenters. The van der Waals surface area contributed by atoms with Crippen LogP contribution in [0.4, 0.5) is 0 Å². The van der Waals surface area contributed by atoms with Crippen LogP contribution in [0.1, 0.15) is 38.3 Å². The van der Waals surface area contributed by atoms with Gasteiger partial charge in [0.2, 0.25) is 5.91 Å². The number of likely N-dealkylation sites (tertiary alicyclic amines) is 1. The van der Waals surface area contributed by atoms with Gasteiger partial charge < -0.3 is 14.4 Å². The molecule has 2 aliphatic rings. The average Bonchev–Trinajstić information content (AvgIpc) is 2.77. The van der Waals surface area contributed by atoms with Gasteiger partial charge in [0.1, 0.15) is 18.4 Å². The smallest absolute Gasteiger partial charge is 0.244 e. The van der Waals surface area contributed by atoms with Gasteiger partial charge in [-0.3, -0.25) is 10.1 Å². The maximum atomic E-state index is 13.0. The highest BCUT2D eigenvalue weighted by atomic mass is 16.5. The lowest BCUT2D eigenvalue weighted by atomic mass is 10.0. The standard InChI is InChI=1S/C18H26N2O3/c1-13(2)23-14-7-10-20(11-8-14)18(21)17-15-5-3-4-6-16(15)22-12-9-19-17/h3-6,13-14,17,19H,7-12H2,1-2H3. The monoisotopic (exact) mass is 318 g/mol. The summed E-state index contributed by atoms with van der Waals surface area (Å²) in [5.74, 6) is 0.958. The number of nitrogens with zero attached hydrogens (tertiary/aromatic N) is 1. The third kappa shape index (κ3) is 3.85. The third-order valence-electron chi connectivity index (χ3n) is 4.40. The molecule has 1 atom stereocenters. The fourth-order valence-electron chi connectivity index (χ4n) is 3.32. The van der Waals surface area contributed by atoms with Crippen molar-refractivity contribution in [3.05, 3.63) is 29.8 Å². The molecule has 0 radical (unpaired) electrons. The molecule has 126 valence electrons. The van der Waals surface area contributed by atoms with Gasteiger partial charge in [0, 0.05) is 25.2 Å². The minimum absolute atomic E-state index is 0.144. The molecule has 0 aliphatic carbocycles. The van der Waals surface area contributed by atoms with Crippen LogP contribution < -0.4 is 10.1 Å². The van der Waals surface area contributed by atoms with Gasteiger partial charge in [0.15, 0.2) is 0 Å². The number of piperidine rings is 1. The Hall–Kier alpha value is -1.59. The van der Waals surface area contributed by atoms with Crippen molar-refractivity contribution in [3.8, 4) is 5.75 Å². The van der Waals surface area contributed by atoms with Crippen molar-refractivity contribution in [1.82, 2.24) is 10.2 Å². The average molecular weight is 318 g/mol. The van der Waals surface area contributed by atoms with Crippen molar-refractivity contribution < 1.29 is 14.3 Å². The summed E-state index contributed by atoms with van der Waals surface area (Å²) in [7, 11) is 0. The summed E-state index contributed by atoms with van der Waals surface area (Å²) in [4.78, 5) is 14.9. The Bertz CT molecular complexity index is 539. The molecule has 1 N–H and O–H groups in total. The van der Waals surface area contributed by atoms with E-state index in [1.54, 1.807) is 0 Å². The summed E-state index contributed by atoms with van der Waals surface area (Å²) >= 11 is 0. The van der Waals surface area contributed by atoms with Crippen LogP contribution in [-0.4, -0.2) is 49.3 Å². The number of carbonyl (C=O) groups excluding carboxylic acids is 1. The summed E-state index contributed by atoms with van der Waals surface area (Å²) < 4.78 is 11.6. The Kier molecular flexibility index (Phi) is 5.18. The van der Waals surface area contributed by atoms with Crippen molar-refractivity contribution in [2.24, 2.45) is 0 Å². The number of nitrogens with one attached hydrogen (secondary N) is 1. The fraction of sp³-hybridized carbons (Fsp3) is 0.611. The molecule has 0 bridgehead atoms. The second-order valence-electron chi connectivity index (χ2n) is 6.48. The number of amides is 1. The number of ether oxygens (including phenoxy) is 2. The summed E-state index contributed by atoms with van der Waals surface area (Å²) in [5.41, 5.74) is 0.940. The van der Waals surface area contributed by atoms with Gasteiger partial charge in [-0.25, -0.2) is 0 Å². The van der Waals surface area contributed by atoms with Crippen LogP contribution >= 0.6 is 0 Å². The lowest BCUT2D eigenvalue weighted by Gasteiger charge is -2.35. The summed E-state index contributed by atoms with van der Waals surface area (Å²) in [6.07, 6.45) is 2.34. The van der Waals surface area contributed by atoms with Crippen LogP contribution in [0.15, 0.2) is 24.3 Å². The molecular weight excluding hydrogens is 292 g/mol. The van der Waals surface area contributed by atoms with E-state index in [0.29, 0.717) is 13.2 Å². The van der Waals surface area contributed by atoms with Gasteiger partial charge in [0.05, 0.1) is 12.2 Å². The van der Waals surface area contributed by atoms with Gasteiger partial charge in [-0.2, -0.15) is 0 Å². The van der Waals surface area contributed by atoms with E-state index >= 15 is 0 Å². The van der Waals surface area contributed by atoms with Crippen LogP contribution in [0.2, 0.25) is 0 Å². The Morgan fingerprint density at radius 1 is 1.30 bits per heavy atom. The van der Waals surface area contributed by atoms with Gasteiger partial charge in [-0.15, -0.1) is 0 Å². The predicted octanol–water partition coefficient (Wildman–Crippen LogP) is 2.13. The van der Waals surface area contributed by atoms with E-state index in [4.69, 9.17) is 9.47 Å². The molecule has 2 heterocycles. The van der Waals surface area contributed by atoms with Crippen LogP contribution in [0.5, 0.6) is 5.75 Å². The third-order valence-corrected chi connectivity index (χ3v) is 4.40. The second-order valence-corrected chi connectivity index (χ2v) is 6.48. The number of hydrogen-bond acceptors (Lipinski definition) is 4. The summed E-state index contributed by atoms with van der Waals surface area (Å²) in [6.45, 7) is 6.91. The lowest BCUT2D eigenvalue weighted by Crippen LogP contribution is -2.46.